The van der Waals surface area contributed by atoms with Gasteiger partial charge in [-0.05, 0) is 23.5 Å². The van der Waals surface area contributed by atoms with Crippen molar-refractivity contribution in [3.63, 3.8) is 0 Å². The van der Waals surface area contributed by atoms with Gasteiger partial charge in [0.05, 0.1) is 11.7 Å². The van der Waals surface area contributed by atoms with Gasteiger partial charge in [0.1, 0.15) is 17.8 Å². The van der Waals surface area contributed by atoms with Gasteiger partial charge >= 0.3 is 11.5 Å². The van der Waals surface area contributed by atoms with Crippen LogP contribution >= 0.6 is 11.3 Å². The molecule has 0 amide bonds. The lowest BCUT2D eigenvalue weighted by molar-refractivity contribution is -0.626. The summed E-state index contributed by atoms with van der Waals surface area (Å²) in [6.07, 6.45) is 0.469. The van der Waals surface area contributed by atoms with Crippen molar-refractivity contribution in [1.82, 2.24) is 0 Å². The molecule has 0 saturated heterocycles. The minimum absolute atomic E-state index is 0.231. The maximum absolute atomic E-state index is 12.1. The second-order valence-electron chi connectivity index (χ2n) is 3.70. The molecule has 2 aromatic rings. The number of halogens is 3. The van der Waals surface area contributed by atoms with Gasteiger partial charge in [-0.3, -0.25) is 5.32 Å². The van der Waals surface area contributed by atoms with Gasteiger partial charge in [-0.15, -0.1) is 19.6 Å². The topological polar surface area (TPSA) is 25.1 Å². The fourth-order valence-electron chi connectivity index (χ4n) is 1.61. The number of terminal acetylenes is 1. The van der Waals surface area contributed by atoms with E-state index in [1.54, 1.807) is 6.07 Å². The molecule has 0 radical (unpaired) electrons. The Kier molecular flexibility index (Phi) is 3.53. The van der Waals surface area contributed by atoms with Gasteiger partial charge in [0.25, 0.3) is 0 Å². The average Bonchev–Trinajstić information content (AvgIpc) is 2.61. The number of fused-ring (bicyclic) bond motifs is 1. The largest absolute Gasteiger partial charge is 0.573 e. The SMILES string of the molecule is C#CCNc1sc2cc(OC(F)(F)F)ccc2[n+]1C. The lowest BCUT2D eigenvalue weighted by Crippen LogP contribution is -2.30. The molecule has 1 heterocycles. The number of rotatable bonds is 3. The number of nitrogens with one attached hydrogen (secondary N) is 1. The van der Waals surface area contributed by atoms with Crippen molar-refractivity contribution in [3.05, 3.63) is 18.2 Å². The maximum atomic E-state index is 12.1. The Morgan fingerprint density at radius 2 is 2.21 bits per heavy atom. The van der Waals surface area contributed by atoms with Crippen molar-refractivity contribution in [2.24, 2.45) is 7.05 Å². The zero-order valence-electron chi connectivity index (χ0n) is 9.91. The summed E-state index contributed by atoms with van der Waals surface area (Å²) in [5.41, 5.74) is 0.805. The van der Waals surface area contributed by atoms with E-state index in [1.165, 1.54) is 23.5 Å². The van der Waals surface area contributed by atoms with Crippen LogP contribution < -0.4 is 14.6 Å². The first-order valence-corrected chi connectivity index (χ1v) is 6.08. The number of ether oxygens (including phenoxy) is 1. The van der Waals surface area contributed by atoms with Crippen LogP contribution in [0.2, 0.25) is 0 Å². The number of hydrogen-bond acceptors (Lipinski definition) is 3. The second kappa shape index (κ2) is 4.97. The minimum Gasteiger partial charge on any atom is -0.406 e. The Morgan fingerprint density at radius 3 is 2.84 bits per heavy atom. The van der Waals surface area contributed by atoms with Crippen LogP contribution in [0.15, 0.2) is 18.2 Å². The highest BCUT2D eigenvalue weighted by molar-refractivity contribution is 7.21. The molecule has 2 rings (SSSR count). The third-order valence-electron chi connectivity index (χ3n) is 2.38. The first kappa shape index (κ1) is 13.5. The molecule has 0 aliphatic heterocycles. The standard InChI is InChI=1S/C12H9F3N2OS/c1-3-6-16-11-17(2)9-5-4-8(7-10(9)19-11)18-12(13,14)15/h1,4-5,7H,6H2,2H3/p+1. The van der Waals surface area contributed by atoms with E-state index in [4.69, 9.17) is 6.42 Å². The van der Waals surface area contributed by atoms with Crippen LogP contribution in [0, 0.1) is 12.3 Å². The summed E-state index contributed by atoms with van der Waals surface area (Å²) in [6, 6.07) is 4.22. The van der Waals surface area contributed by atoms with E-state index in [2.05, 4.69) is 16.0 Å². The Hall–Kier alpha value is -1.94. The number of hydrogen-bond donors (Lipinski definition) is 1. The number of aromatic nitrogens is 1. The average molecular weight is 287 g/mol. The van der Waals surface area contributed by atoms with Gasteiger partial charge in [0.2, 0.25) is 0 Å². The number of alkyl halides is 3. The van der Waals surface area contributed by atoms with Gasteiger partial charge in [0, 0.05) is 6.07 Å². The molecule has 0 saturated carbocycles. The van der Waals surface area contributed by atoms with Crippen LogP contribution in [-0.4, -0.2) is 12.9 Å². The molecule has 0 spiro atoms. The predicted molar refractivity (Wildman–Crippen MR) is 67.0 cm³/mol. The molecule has 3 nitrogen and oxygen atoms in total. The third kappa shape index (κ3) is 3.09. The molecule has 0 aliphatic rings. The Bertz CT molecular complexity index is 643. The first-order chi connectivity index (χ1) is 8.90. The monoisotopic (exact) mass is 287 g/mol. The van der Waals surface area contributed by atoms with E-state index in [9.17, 15) is 13.2 Å². The van der Waals surface area contributed by atoms with Crippen LogP contribution in [0.25, 0.3) is 10.2 Å². The molecular weight excluding hydrogens is 277 g/mol. The summed E-state index contributed by atoms with van der Waals surface area (Å²) in [5.74, 6) is 2.21. The Labute approximate surface area is 111 Å². The molecule has 0 fully saturated rings. The third-order valence-corrected chi connectivity index (χ3v) is 3.54. The van der Waals surface area contributed by atoms with Crippen molar-refractivity contribution in [3.8, 4) is 18.1 Å². The quantitative estimate of drug-likeness (QED) is 0.693. The van der Waals surface area contributed by atoms with E-state index in [0.717, 1.165) is 10.6 Å². The molecule has 19 heavy (non-hydrogen) atoms. The highest BCUT2D eigenvalue weighted by Crippen LogP contribution is 2.30. The minimum atomic E-state index is -4.68. The predicted octanol–water partition coefficient (Wildman–Crippen LogP) is 2.67. The molecular formula is C12H10F3N2OS+. The molecule has 0 bridgehead atoms. The smallest absolute Gasteiger partial charge is 0.406 e. The molecule has 7 heteroatoms. The second-order valence-corrected chi connectivity index (χ2v) is 4.73. The number of nitrogens with zero attached hydrogens (tertiary/aromatic N) is 1. The van der Waals surface area contributed by atoms with Crippen molar-refractivity contribution in [2.45, 2.75) is 6.36 Å². The van der Waals surface area contributed by atoms with Crippen LogP contribution in [-0.2, 0) is 7.05 Å². The number of benzene rings is 1. The van der Waals surface area contributed by atoms with Gasteiger partial charge in [-0.2, -0.15) is 0 Å². The summed E-state index contributed by atoms with van der Waals surface area (Å²) in [5, 5.41) is 3.78. The van der Waals surface area contributed by atoms with E-state index in [-0.39, 0.29) is 5.75 Å². The van der Waals surface area contributed by atoms with Crippen molar-refractivity contribution in [1.29, 1.82) is 0 Å². The van der Waals surface area contributed by atoms with Gasteiger partial charge in [-0.25, -0.2) is 4.57 Å². The molecule has 1 N–H and O–H groups in total. The van der Waals surface area contributed by atoms with Crippen LogP contribution in [0.1, 0.15) is 0 Å². The number of anilines is 1. The van der Waals surface area contributed by atoms with E-state index in [0.29, 0.717) is 11.2 Å². The molecule has 1 aromatic heterocycles. The molecule has 100 valence electrons. The van der Waals surface area contributed by atoms with Crippen molar-refractivity contribution in [2.75, 3.05) is 11.9 Å². The fraction of sp³-hybridized carbons (Fsp3) is 0.250. The normalized spacial score (nSPS) is 11.3. The zero-order chi connectivity index (χ0) is 14.0. The van der Waals surface area contributed by atoms with Crippen molar-refractivity contribution >= 4 is 26.7 Å². The Balaban J connectivity index is 2.36. The summed E-state index contributed by atoms with van der Waals surface area (Å²) < 4.78 is 42.8. The van der Waals surface area contributed by atoms with Crippen molar-refractivity contribution < 1.29 is 22.5 Å². The summed E-state index contributed by atoms with van der Waals surface area (Å²) in [4.78, 5) is 0. The van der Waals surface area contributed by atoms with E-state index >= 15 is 0 Å². The number of aryl methyl sites for hydroxylation is 1. The lowest BCUT2D eigenvalue weighted by atomic mass is 10.3. The molecule has 0 aliphatic carbocycles. The first-order valence-electron chi connectivity index (χ1n) is 5.26. The summed E-state index contributed by atoms with van der Waals surface area (Å²) >= 11 is 1.31. The Morgan fingerprint density at radius 1 is 1.47 bits per heavy atom. The van der Waals surface area contributed by atoms with Crippen LogP contribution in [0.5, 0.6) is 5.75 Å². The fourth-order valence-corrected chi connectivity index (χ4v) is 2.69. The lowest BCUT2D eigenvalue weighted by Gasteiger charge is -2.07. The number of thiazole rings is 1. The highest BCUT2D eigenvalue weighted by Gasteiger charge is 2.31. The van der Waals surface area contributed by atoms with Gasteiger partial charge in [0.15, 0.2) is 0 Å². The highest BCUT2D eigenvalue weighted by atomic mass is 32.1. The zero-order valence-corrected chi connectivity index (χ0v) is 10.7. The van der Waals surface area contributed by atoms with Gasteiger partial charge in [-0.1, -0.05) is 5.92 Å². The maximum Gasteiger partial charge on any atom is 0.573 e. The molecule has 1 aromatic carbocycles. The van der Waals surface area contributed by atoms with Crippen LogP contribution in [0.3, 0.4) is 0 Å². The van der Waals surface area contributed by atoms with Gasteiger partial charge < -0.3 is 4.74 Å². The van der Waals surface area contributed by atoms with E-state index < -0.39 is 6.36 Å². The van der Waals surface area contributed by atoms with E-state index in [1.807, 2.05) is 11.6 Å². The summed E-state index contributed by atoms with van der Waals surface area (Å²) in [7, 11) is 1.81. The summed E-state index contributed by atoms with van der Waals surface area (Å²) in [6.45, 7) is 0.354. The molecule has 0 unspecified atom stereocenters. The molecule has 0 atom stereocenters. The van der Waals surface area contributed by atoms with Crippen LogP contribution in [0.4, 0.5) is 18.3 Å².